The van der Waals surface area contributed by atoms with Gasteiger partial charge in [-0.2, -0.15) is 5.10 Å². The summed E-state index contributed by atoms with van der Waals surface area (Å²) in [4.78, 5) is 30.4. The van der Waals surface area contributed by atoms with Gasteiger partial charge in [0.1, 0.15) is 23.9 Å². The molecule has 1 saturated carbocycles. The maximum absolute atomic E-state index is 14.9. The third-order valence-corrected chi connectivity index (χ3v) is 8.55. The van der Waals surface area contributed by atoms with E-state index in [0.29, 0.717) is 23.6 Å². The second-order valence-electron chi connectivity index (χ2n) is 8.89. The zero-order chi connectivity index (χ0) is 24.6. The minimum Gasteiger partial charge on any atom is -0.352 e. The molecule has 1 fully saturated rings. The average Bonchev–Trinajstić information content (AvgIpc) is 3.64. The van der Waals surface area contributed by atoms with Crippen molar-refractivity contribution in [3.05, 3.63) is 59.0 Å². The number of aromatic nitrogens is 7. The predicted molar refractivity (Wildman–Crippen MR) is 138 cm³/mol. The van der Waals surface area contributed by atoms with Crippen LogP contribution in [0.25, 0.3) is 28.4 Å². The second kappa shape index (κ2) is 9.74. The lowest BCUT2D eigenvalue weighted by Crippen LogP contribution is -2.42. The van der Waals surface area contributed by atoms with Crippen molar-refractivity contribution in [3.63, 3.8) is 0 Å². The van der Waals surface area contributed by atoms with Crippen LogP contribution < -0.4 is 5.32 Å². The first-order valence-corrected chi connectivity index (χ1v) is 13.4. The van der Waals surface area contributed by atoms with Crippen molar-refractivity contribution in [1.29, 1.82) is 0 Å². The summed E-state index contributed by atoms with van der Waals surface area (Å²) in [7, 11) is 0. The number of allylic oxidation sites excluding steroid dienone is 1. The molecule has 2 aliphatic rings. The van der Waals surface area contributed by atoms with Gasteiger partial charge in [-0.25, -0.2) is 29.0 Å². The monoisotopic (exact) mass is 568 g/mol. The van der Waals surface area contributed by atoms with Crippen molar-refractivity contribution < 1.29 is 9.18 Å². The third-order valence-electron chi connectivity index (χ3n) is 6.58. The molecule has 4 aromatic heterocycles. The van der Waals surface area contributed by atoms with Crippen LogP contribution in [0.1, 0.15) is 38.1 Å². The number of halogens is 2. The Bertz CT molecular complexity index is 1460. The zero-order valence-corrected chi connectivity index (χ0v) is 21.5. The van der Waals surface area contributed by atoms with Gasteiger partial charge >= 0.3 is 0 Å². The number of nitrogens with one attached hydrogen (secondary N) is 1. The maximum atomic E-state index is 14.9. The van der Waals surface area contributed by atoms with E-state index >= 15 is 0 Å². The van der Waals surface area contributed by atoms with Gasteiger partial charge in [0.05, 0.1) is 17.0 Å². The summed E-state index contributed by atoms with van der Waals surface area (Å²) in [5.74, 6) is 0.666. The molecule has 0 aromatic carbocycles. The van der Waals surface area contributed by atoms with Crippen LogP contribution in [0.2, 0.25) is 0 Å². The molecule has 0 bridgehead atoms. The topological polar surface area (TPSA) is 103 Å². The first-order chi connectivity index (χ1) is 17.6. The minimum absolute atomic E-state index is 0.00227. The van der Waals surface area contributed by atoms with Crippen LogP contribution in [0.15, 0.2) is 53.1 Å². The van der Waals surface area contributed by atoms with Crippen LogP contribution in [0.4, 0.5) is 4.39 Å². The molecule has 184 valence electrons. The molecule has 1 aliphatic carbocycles. The Kier molecular flexibility index (Phi) is 6.30. The van der Waals surface area contributed by atoms with E-state index < -0.39 is 5.82 Å². The Morgan fingerprint density at radius 1 is 1.28 bits per heavy atom. The van der Waals surface area contributed by atoms with Crippen LogP contribution in [0.5, 0.6) is 0 Å². The molecule has 6 rings (SSSR count). The Balaban J connectivity index is 1.37. The number of hydrogen-bond donors (Lipinski definition) is 1. The molecule has 36 heavy (non-hydrogen) atoms. The van der Waals surface area contributed by atoms with E-state index in [1.165, 1.54) is 12.4 Å². The Morgan fingerprint density at radius 2 is 2.19 bits per heavy atom. The first-order valence-electron chi connectivity index (χ1n) is 11.7. The highest BCUT2D eigenvalue weighted by atomic mass is 79.9. The van der Waals surface area contributed by atoms with Gasteiger partial charge in [-0.3, -0.25) is 4.79 Å². The Hall–Kier alpha value is -3.12. The van der Waals surface area contributed by atoms with Crippen LogP contribution in [-0.4, -0.2) is 51.5 Å². The van der Waals surface area contributed by atoms with E-state index in [2.05, 4.69) is 45.9 Å². The molecule has 1 unspecified atom stereocenters. The molecule has 0 radical (unpaired) electrons. The molecular formula is C24H22BrFN8OS. The first kappa shape index (κ1) is 23.3. The van der Waals surface area contributed by atoms with Crippen LogP contribution in [0.3, 0.4) is 0 Å². The number of imidazole rings is 1. The van der Waals surface area contributed by atoms with Crippen LogP contribution >= 0.6 is 27.7 Å². The Labute approximate surface area is 218 Å². The number of pyridine rings is 2. The SMILES string of the molecule is O=C(N[C@H]1CCC[C@@H](n2c(-c3ncccc3F)nc3cnc(-n4cncn4)cc32)C1)C1CC=C(Br)S1. The smallest absolute Gasteiger partial charge is 0.234 e. The van der Waals surface area contributed by atoms with Crippen molar-refractivity contribution in [2.45, 2.75) is 49.4 Å². The normalized spacial score (nSPS) is 22.1. The van der Waals surface area contributed by atoms with E-state index in [1.54, 1.807) is 41.2 Å². The van der Waals surface area contributed by atoms with E-state index in [-0.39, 0.29) is 28.9 Å². The molecule has 1 aliphatic heterocycles. The summed E-state index contributed by atoms with van der Waals surface area (Å²) in [6, 6.07) is 4.86. The number of amides is 1. The highest BCUT2D eigenvalue weighted by molar-refractivity contribution is 9.14. The van der Waals surface area contributed by atoms with Crippen molar-refractivity contribution in [2.75, 3.05) is 0 Å². The Morgan fingerprint density at radius 3 is 2.97 bits per heavy atom. The maximum Gasteiger partial charge on any atom is 0.234 e. The lowest BCUT2D eigenvalue weighted by atomic mass is 9.90. The molecule has 1 N–H and O–H groups in total. The predicted octanol–water partition coefficient (Wildman–Crippen LogP) is 4.55. The summed E-state index contributed by atoms with van der Waals surface area (Å²) < 4.78 is 19.5. The molecule has 5 heterocycles. The quantitative estimate of drug-likeness (QED) is 0.376. The number of carbonyl (C=O) groups is 1. The molecule has 9 nitrogen and oxygen atoms in total. The molecule has 4 aromatic rings. The number of fused-ring (bicyclic) bond motifs is 1. The van der Waals surface area contributed by atoms with Crippen molar-refractivity contribution in [1.82, 2.24) is 39.6 Å². The largest absolute Gasteiger partial charge is 0.352 e. The van der Waals surface area contributed by atoms with Crippen molar-refractivity contribution in [2.24, 2.45) is 0 Å². The van der Waals surface area contributed by atoms with Crippen LogP contribution in [-0.2, 0) is 4.79 Å². The van der Waals surface area contributed by atoms with Gasteiger partial charge in [-0.05, 0) is 60.2 Å². The van der Waals surface area contributed by atoms with E-state index in [9.17, 15) is 9.18 Å². The van der Waals surface area contributed by atoms with Gasteiger partial charge < -0.3 is 9.88 Å². The summed E-state index contributed by atoms with van der Waals surface area (Å²) in [6.45, 7) is 0. The van der Waals surface area contributed by atoms with E-state index in [4.69, 9.17) is 4.98 Å². The lowest BCUT2D eigenvalue weighted by Gasteiger charge is -2.32. The van der Waals surface area contributed by atoms with Gasteiger partial charge in [0.2, 0.25) is 5.91 Å². The molecule has 1 amide bonds. The van der Waals surface area contributed by atoms with Gasteiger partial charge in [0.25, 0.3) is 0 Å². The molecule has 0 spiro atoms. The number of thioether (sulfide) groups is 1. The second-order valence-corrected chi connectivity index (χ2v) is 11.5. The summed E-state index contributed by atoms with van der Waals surface area (Å²) in [5.41, 5.74) is 1.65. The highest BCUT2D eigenvalue weighted by Gasteiger charge is 2.31. The average molecular weight is 569 g/mol. The van der Waals surface area contributed by atoms with Crippen LogP contribution in [0, 0.1) is 5.82 Å². The lowest BCUT2D eigenvalue weighted by molar-refractivity contribution is -0.121. The van der Waals surface area contributed by atoms with Crippen molar-refractivity contribution >= 4 is 44.6 Å². The number of carbonyl (C=O) groups excluding carboxylic acids is 1. The third kappa shape index (κ3) is 4.43. The fraction of sp³-hybridized carbons (Fsp3) is 0.333. The molecule has 0 saturated heterocycles. The molecule has 12 heteroatoms. The fourth-order valence-corrected chi connectivity index (χ4v) is 6.64. The molecule has 3 atom stereocenters. The van der Waals surface area contributed by atoms with Gasteiger partial charge in [0.15, 0.2) is 17.5 Å². The zero-order valence-electron chi connectivity index (χ0n) is 19.1. The minimum atomic E-state index is -0.435. The molecular weight excluding hydrogens is 547 g/mol. The van der Waals surface area contributed by atoms with Gasteiger partial charge in [0, 0.05) is 28.2 Å². The summed E-state index contributed by atoms with van der Waals surface area (Å²) >= 11 is 5.01. The summed E-state index contributed by atoms with van der Waals surface area (Å²) in [6.07, 6.45) is 12.4. The van der Waals surface area contributed by atoms with Gasteiger partial charge in [-0.1, -0.05) is 6.08 Å². The number of hydrogen-bond acceptors (Lipinski definition) is 7. The van der Waals surface area contributed by atoms with E-state index in [1.807, 2.05) is 12.1 Å². The van der Waals surface area contributed by atoms with Crippen molar-refractivity contribution in [3.8, 4) is 17.3 Å². The van der Waals surface area contributed by atoms with Gasteiger partial charge in [-0.15, -0.1) is 11.8 Å². The number of rotatable bonds is 5. The number of nitrogens with zero attached hydrogens (tertiary/aromatic N) is 7. The summed E-state index contributed by atoms with van der Waals surface area (Å²) in [5, 5.41) is 7.33. The highest BCUT2D eigenvalue weighted by Crippen LogP contribution is 2.38. The standard InChI is InChI=1S/C24H22BrFN8OS/c25-20-7-6-19(36-20)24(35)31-14-3-1-4-15(9-14)34-18-10-21(33-13-27-12-30-33)29-11-17(18)32-23(34)22-16(26)5-2-8-28-22/h2,5,7-8,10-15,19H,1,3-4,6,9H2,(H,31,35)/t14-,15+,19?/m0/s1. The van der Waals surface area contributed by atoms with E-state index in [0.717, 1.165) is 35.0 Å². The fourth-order valence-electron chi connectivity index (χ4n) is 4.94.